The quantitative estimate of drug-likeness (QED) is 0.289. The minimum Gasteiger partial charge on any atom is -0.356 e. The van der Waals surface area contributed by atoms with E-state index < -0.39 is 0 Å². The van der Waals surface area contributed by atoms with Gasteiger partial charge < -0.3 is 5.32 Å². The van der Waals surface area contributed by atoms with Crippen molar-refractivity contribution < 1.29 is 9.59 Å². The molecule has 1 aromatic heterocycles. The highest BCUT2D eigenvalue weighted by Crippen LogP contribution is 2.25. The molecule has 31 heavy (non-hydrogen) atoms. The Hall–Kier alpha value is -2.64. The Morgan fingerprint density at radius 1 is 1.06 bits per heavy atom. The Labute approximate surface area is 191 Å². The molecule has 0 aliphatic carbocycles. The van der Waals surface area contributed by atoms with Gasteiger partial charge in [0, 0.05) is 36.2 Å². The van der Waals surface area contributed by atoms with Crippen LogP contribution in [-0.4, -0.2) is 38.8 Å². The third-order valence-corrected chi connectivity index (χ3v) is 6.08. The summed E-state index contributed by atoms with van der Waals surface area (Å²) in [6, 6.07) is 13.1. The number of aromatic nitrogens is 3. The number of hydrogen-bond acceptors (Lipinski definition) is 5. The third kappa shape index (κ3) is 6.18. The van der Waals surface area contributed by atoms with E-state index in [-0.39, 0.29) is 17.4 Å². The summed E-state index contributed by atoms with van der Waals surface area (Å²) in [5, 5.41) is 12.8. The molecule has 0 radical (unpaired) electrons. The number of carbonyl (C=O) groups excluding carboxylic acids is 2. The summed E-state index contributed by atoms with van der Waals surface area (Å²) in [4.78, 5) is 23.7. The van der Waals surface area contributed by atoms with E-state index in [0.29, 0.717) is 28.7 Å². The Balaban J connectivity index is 1.81. The van der Waals surface area contributed by atoms with Gasteiger partial charge in [-0.2, -0.15) is 0 Å². The summed E-state index contributed by atoms with van der Waals surface area (Å²) in [5.74, 6) is 1.00. The summed E-state index contributed by atoms with van der Waals surface area (Å²) >= 11 is 7.27. The molecule has 3 rings (SSSR count). The molecule has 0 bridgehead atoms. The van der Waals surface area contributed by atoms with Crippen LogP contribution in [0.1, 0.15) is 40.7 Å². The monoisotopic (exact) mass is 456 g/mol. The van der Waals surface area contributed by atoms with E-state index in [4.69, 9.17) is 11.6 Å². The Bertz CT molecular complexity index is 1080. The number of benzene rings is 2. The molecule has 162 valence electrons. The number of rotatable bonds is 9. The molecule has 0 aliphatic rings. The first kappa shape index (κ1) is 23.0. The van der Waals surface area contributed by atoms with Gasteiger partial charge in [-0.15, -0.1) is 10.2 Å². The fourth-order valence-corrected chi connectivity index (χ4v) is 4.03. The molecular formula is C23H25ClN4O2S. The SMILES string of the molecule is CC(=O)NCCCc1nnc(SCC(=O)c2ccc(Cl)cc2)n1-c1ccc(C)c(C)c1. The standard InChI is InChI=1S/C23H25ClN4O2S/c1-15-6-11-20(13-16(15)2)28-22(5-4-12-25-17(3)29)26-27-23(28)31-14-21(30)18-7-9-19(24)10-8-18/h6-11,13H,4-5,12,14H2,1-3H3,(H,25,29). The van der Waals surface area contributed by atoms with E-state index in [1.807, 2.05) is 10.6 Å². The van der Waals surface area contributed by atoms with Gasteiger partial charge in [-0.1, -0.05) is 29.4 Å². The molecule has 0 saturated heterocycles. The predicted molar refractivity (Wildman–Crippen MR) is 124 cm³/mol. The second kappa shape index (κ2) is 10.6. The van der Waals surface area contributed by atoms with Crippen molar-refractivity contribution in [2.75, 3.05) is 12.3 Å². The smallest absolute Gasteiger partial charge is 0.216 e. The lowest BCUT2D eigenvalue weighted by molar-refractivity contribution is -0.118. The zero-order chi connectivity index (χ0) is 22.4. The zero-order valence-electron chi connectivity index (χ0n) is 17.8. The van der Waals surface area contributed by atoms with E-state index in [0.717, 1.165) is 17.9 Å². The lowest BCUT2D eigenvalue weighted by Crippen LogP contribution is -2.21. The molecule has 6 nitrogen and oxygen atoms in total. The van der Waals surface area contributed by atoms with Crippen molar-refractivity contribution in [2.45, 2.75) is 38.8 Å². The largest absolute Gasteiger partial charge is 0.356 e. The lowest BCUT2D eigenvalue weighted by atomic mass is 10.1. The predicted octanol–water partition coefficient (Wildman–Crippen LogP) is 4.58. The van der Waals surface area contributed by atoms with Crippen LogP contribution in [0.4, 0.5) is 0 Å². The number of amides is 1. The number of halogens is 1. The van der Waals surface area contributed by atoms with Crippen molar-refractivity contribution in [3.05, 3.63) is 70.0 Å². The van der Waals surface area contributed by atoms with Crippen molar-refractivity contribution >= 4 is 35.1 Å². The van der Waals surface area contributed by atoms with E-state index in [1.54, 1.807) is 24.3 Å². The molecule has 1 amide bonds. The normalized spacial score (nSPS) is 10.8. The van der Waals surface area contributed by atoms with Crippen molar-refractivity contribution in [3.8, 4) is 5.69 Å². The van der Waals surface area contributed by atoms with Crippen LogP contribution in [-0.2, 0) is 11.2 Å². The van der Waals surface area contributed by atoms with Gasteiger partial charge in [-0.3, -0.25) is 14.2 Å². The number of hydrogen-bond donors (Lipinski definition) is 1. The lowest BCUT2D eigenvalue weighted by Gasteiger charge is -2.12. The van der Waals surface area contributed by atoms with Crippen LogP contribution in [0.15, 0.2) is 47.6 Å². The second-order valence-corrected chi connectivity index (χ2v) is 8.69. The summed E-state index contributed by atoms with van der Waals surface area (Å²) in [7, 11) is 0. The van der Waals surface area contributed by atoms with Gasteiger partial charge >= 0.3 is 0 Å². The first-order valence-corrected chi connectivity index (χ1v) is 11.4. The summed E-state index contributed by atoms with van der Waals surface area (Å²) in [5.41, 5.74) is 3.95. The molecule has 0 saturated carbocycles. The Morgan fingerprint density at radius 3 is 2.48 bits per heavy atom. The molecular weight excluding hydrogens is 432 g/mol. The van der Waals surface area contributed by atoms with Crippen LogP contribution in [0.25, 0.3) is 5.69 Å². The van der Waals surface area contributed by atoms with Gasteiger partial charge in [0.25, 0.3) is 0 Å². The van der Waals surface area contributed by atoms with E-state index in [9.17, 15) is 9.59 Å². The average molecular weight is 457 g/mol. The molecule has 0 aliphatic heterocycles. The number of ketones is 1. The van der Waals surface area contributed by atoms with Crippen LogP contribution in [0, 0.1) is 13.8 Å². The number of nitrogens with zero attached hydrogens (tertiary/aromatic N) is 3. The maximum absolute atomic E-state index is 12.6. The van der Waals surface area contributed by atoms with E-state index in [2.05, 4.69) is 41.5 Å². The van der Waals surface area contributed by atoms with E-state index in [1.165, 1.54) is 29.8 Å². The number of aryl methyl sites for hydroxylation is 3. The second-order valence-electron chi connectivity index (χ2n) is 7.31. The van der Waals surface area contributed by atoms with Crippen molar-refractivity contribution in [2.24, 2.45) is 0 Å². The van der Waals surface area contributed by atoms with Crippen molar-refractivity contribution in [1.29, 1.82) is 0 Å². The highest BCUT2D eigenvalue weighted by Gasteiger charge is 2.17. The maximum atomic E-state index is 12.6. The van der Waals surface area contributed by atoms with Crippen LogP contribution in [0.2, 0.25) is 5.02 Å². The van der Waals surface area contributed by atoms with Crippen LogP contribution in [0.3, 0.4) is 0 Å². The molecule has 2 aromatic carbocycles. The molecule has 0 spiro atoms. The Kier molecular flexibility index (Phi) is 7.87. The number of Topliss-reactive ketones (excluding diaryl/α,β-unsaturated/α-hetero) is 1. The van der Waals surface area contributed by atoms with Crippen molar-refractivity contribution in [1.82, 2.24) is 20.1 Å². The van der Waals surface area contributed by atoms with Gasteiger partial charge in [0.2, 0.25) is 5.91 Å². The molecule has 1 heterocycles. The minimum absolute atomic E-state index is 0.00325. The average Bonchev–Trinajstić information content (AvgIpc) is 3.14. The number of nitrogens with one attached hydrogen (secondary N) is 1. The van der Waals surface area contributed by atoms with Gasteiger partial charge in [0.1, 0.15) is 5.82 Å². The van der Waals surface area contributed by atoms with Crippen LogP contribution in [0.5, 0.6) is 0 Å². The van der Waals surface area contributed by atoms with E-state index >= 15 is 0 Å². The fraction of sp³-hybridized carbons (Fsp3) is 0.304. The summed E-state index contributed by atoms with van der Waals surface area (Å²) in [6.07, 6.45) is 1.41. The molecule has 8 heteroatoms. The Morgan fingerprint density at radius 2 is 1.81 bits per heavy atom. The van der Waals surface area contributed by atoms with Gasteiger partial charge in [-0.25, -0.2) is 0 Å². The topological polar surface area (TPSA) is 76.9 Å². The summed E-state index contributed by atoms with van der Waals surface area (Å²) < 4.78 is 2.00. The maximum Gasteiger partial charge on any atom is 0.216 e. The molecule has 1 N–H and O–H groups in total. The first-order valence-electron chi connectivity index (χ1n) is 10.0. The fourth-order valence-electron chi connectivity index (χ4n) is 3.04. The van der Waals surface area contributed by atoms with Gasteiger partial charge in [0.05, 0.1) is 5.75 Å². The molecule has 0 atom stereocenters. The minimum atomic E-state index is -0.0485. The number of carbonyl (C=O) groups is 2. The highest BCUT2D eigenvalue weighted by atomic mass is 35.5. The third-order valence-electron chi connectivity index (χ3n) is 4.90. The zero-order valence-corrected chi connectivity index (χ0v) is 19.4. The molecule has 0 unspecified atom stereocenters. The molecule has 0 fully saturated rings. The first-order chi connectivity index (χ1) is 14.8. The van der Waals surface area contributed by atoms with Crippen LogP contribution >= 0.6 is 23.4 Å². The summed E-state index contributed by atoms with van der Waals surface area (Å²) in [6.45, 7) is 6.22. The van der Waals surface area contributed by atoms with Crippen LogP contribution < -0.4 is 5.32 Å². The molecule has 3 aromatic rings. The number of thioether (sulfide) groups is 1. The van der Waals surface area contributed by atoms with Gasteiger partial charge in [0.15, 0.2) is 10.9 Å². The highest BCUT2D eigenvalue weighted by molar-refractivity contribution is 7.99. The van der Waals surface area contributed by atoms with Crippen molar-refractivity contribution in [3.63, 3.8) is 0 Å². The van der Waals surface area contributed by atoms with Gasteiger partial charge in [-0.05, 0) is 67.8 Å².